The van der Waals surface area contributed by atoms with Gasteiger partial charge in [-0.2, -0.15) is 0 Å². The molecular weight excluding hydrogens is 494 g/mol. The molecule has 1 fully saturated rings. The fraction of sp³-hybridized carbons (Fsp3) is 0.444. The monoisotopic (exact) mass is 527 g/mol. The van der Waals surface area contributed by atoms with E-state index in [1.807, 2.05) is 6.07 Å². The molecule has 1 aromatic carbocycles. The van der Waals surface area contributed by atoms with E-state index in [-0.39, 0.29) is 11.3 Å². The normalized spacial score (nSPS) is 17.6. The van der Waals surface area contributed by atoms with Crippen LogP contribution in [0.25, 0.3) is 5.76 Å². The predicted octanol–water partition coefficient (Wildman–Crippen LogP) is 5.56. The molecule has 2 aromatic rings. The molecule has 2 heterocycles. The van der Waals surface area contributed by atoms with Crippen LogP contribution in [0.15, 0.2) is 58.7 Å². The number of hydrogen-bond acceptors (Lipinski definition) is 5. The number of Topliss-reactive ketones (excluding diaryl/α,β-unsaturated/α-hetero) is 1. The van der Waals surface area contributed by atoms with Gasteiger partial charge in [-0.3, -0.25) is 14.6 Å². The molecule has 34 heavy (non-hydrogen) atoms. The number of likely N-dealkylation sites (tertiary alicyclic amines) is 1. The molecule has 0 unspecified atom stereocenters. The van der Waals surface area contributed by atoms with E-state index in [4.69, 9.17) is 0 Å². The summed E-state index contributed by atoms with van der Waals surface area (Å²) in [5.41, 5.74) is 1.17. The third-order valence-corrected chi connectivity index (χ3v) is 6.68. The Balaban J connectivity index is 1.87. The van der Waals surface area contributed by atoms with Crippen molar-refractivity contribution in [1.29, 1.82) is 0 Å². The molecule has 1 aliphatic heterocycles. The quantitative estimate of drug-likeness (QED) is 0.222. The standard InChI is InChI=1S/C27H34BrN3O3/c1-3-5-16-30(17-6-4-2)18-9-19-31-24(22-10-7-8-15-29-22)23(26(33)27(31)34)25(32)20-11-13-21(28)14-12-20/h7-8,10-15,24,32H,3-6,9,16-19H2,1-2H3/t24-/m0/s1. The van der Waals surface area contributed by atoms with Gasteiger partial charge < -0.3 is 14.9 Å². The Kier molecular flexibility index (Phi) is 9.84. The van der Waals surface area contributed by atoms with Crippen LogP contribution in [0.4, 0.5) is 0 Å². The van der Waals surface area contributed by atoms with Crippen molar-refractivity contribution in [2.45, 2.75) is 52.0 Å². The van der Waals surface area contributed by atoms with Crippen LogP contribution in [0.5, 0.6) is 0 Å². The fourth-order valence-corrected chi connectivity index (χ4v) is 4.55. The predicted molar refractivity (Wildman–Crippen MR) is 138 cm³/mol. The minimum atomic E-state index is -0.704. The van der Waals surface area contributed by atoms with E-state index in [1.54, 1.807) is 47.5 Å². The lowest BCUT2D eigenvalue weighted by Crippen LogP contribution is -2.34. The van der Waals surface area contributed by atoms with Gasteiger partial charge in [0.1, 0.15) is 11.8 Å². The van der Waals surface area contributed by atoms with E-state index in [0.717, 1.165) is 56.2 Å². The van der Waals surface area contributed by atoms with E-state index in [0.29, 0.717) is 17.8 Å². The van der Waals surface area contributed by atoms with E-state index >= 15 is 0 Å². The zero-order valence-corrected chi connectivity index (χ0v) is 21.6. The molecule has 0 bridgehead atoms. The van der Waals surface area contributed by atoms with Gasteiger partial charge in [-0.25, -0.2) is 0 Å². The molecule has 1 amide bonds. The summed E-state index contributed by atoms with van der Waals surface area (Å²) in [6, 6.07) is 11.8. The minimum Gasteiger partial charge on any atom is -0.507 e. The zero-order valence-electron chi connectivity index (χ0n) is 20.0. The van der Waals surface area contributed by atoms with Crippen LogP contribution >= 0.6 is 15.9 Å². The highest BCUT2D eigenvalue weighted by Gasteiger charge is 2.46. The maximum atomic E-state index is 13.1. The number of halogens is 1. The van der Waals surface area contributed by atoms with E-state index in [9.17, 15) is 14.7 Å². The summed E-state index contributed by atoms with van der Waals surface area (Å²) in [5.74, 6) is -1.41. The summed E-state index contributed by atoms with van der Waals surface area (Å²) in [6.07, 6.45) is 6.99. The Morgan fingerprint density at radius 1 is 1.00 bits per heavy atom. The highest BCUT2D eigenvalue weighted by Crippen LogP contribution is 2.38. The Morgan fingerprint density at radius 3 is 2.24 bits per heavy atom. The van der Waals surface area contributed by atoms with Gasteiger partial charge in [0.2, 0.25) is 0 Å². The van der Waals surface area contributed by atoms with Crippen molar-refractivity contribution in [3.05, 3.63) is 70.0 Å². The topological polar surface area (TPSA) is 73.7 Å². The molecule has 0 saturated carbocycles. The lowest BCUT2D eigenvalue weighted by molar-refractivity contribution is -0.140. The molecule has 1 aliphatic rings. The molecule has 1 N–H and O–H groups in total. The molecule has 1 atom stereocenters. The number of pyridine rings is 1. The summed E-state index contributed by atoms with van der Waals surface area (Å²) in [4.78, 5) is 34.7. The van der Waals surface area contributed by atoms with Crippen molar-refractivity contribution in [3.8, 4) is 0 Å². The van der Waals surface area contributed by atoms with E-state index in [2.05, 4.69) is 39.7 Å². The molecule has 182 valence electrons. The van der Waals surface area contributed by atoms with Crippen LogP contribution in [0.2, 0.25) is 0 Å². The van der Waals surface area contributed by atoms with E-state index in [1.165, 1.54) is 0 Å². The summed E-state index contributed by atoms with van der Waals surface area (Å²) in [5, 5.41) is 11.1. The first-order valence-corrected chi connectivity index (χ1v) is 12.9. The highest BCUT2D eigenvalue weighted by atomic mass is 79.9. The molecular formula is C27H34BrN3O3. The van der Waals surface area contributed by atoms with Gasteiger partial charge in [-0.1, -0.05) is 60.8 Å². The molecule has 0 spiro atoms. The van der Waals surface area contributed by atoms with Gasteiger partial charge in [0.25, 0.3) is 11.7 Å². The average molecular weight is 528 g/mol. The number of carbonyl (C=O) groups excluding carboxylic acids is 2. The molecule has 3 rings (SSSR count). The van der Waals surface area contributed by atoms with Crippen LogP contribution in [0.3, 0.4) is 0 Å². The SMILES string of the molecule is CCCCN(CCCC)CCCN1C(=O)C(=O)C(=C(O)c2ccc(Br)cc2)[C@@H]1c1ccccn1. The maximum absolute atomic E-state index is 13.1. The number of carbonyl (C=O) groups is 2. The number of hydrogen-bond donors (Lipinski definition) is 1. The van der Waals surface area contributed by atoms with Crippen LogP contribution in [-0.4, -0.2) is 57.8 Å². The molecule has 7 heteroatoms. The minimum absolute atomic E-state index is 0.0971. The van der Waals surface area contributed by atoms with Crippen molar-refractivity contribution in [3.63, 3.8) is 0 Å². The lowest BCUT2D eigenvalue weighted by atomic mass is 9.98. The van der Waals surface area contributed by atoms with Crippen LogP contribution in [0.1, 0.15) is 63.3 Å². The van der Waals surface area contributed by atoms with E-state index < -0.39 is 17.7 Å². The number of aliphatic hydroxyl groups is 1. The van der Waals surface area contributed by atoms with Gasteiger partial charge in [0.15, 0.2) is 0 Å². The number of rotatable bonds is 12. The molecule has 0 aliphatic carbocycles. The summed E-state index contributed by atoms with van der Waals surface area (Å²) < 4.78 is 0.862. The van der Waals surface area contributed by atoms with Crippen molar-refractivity contribution in [1.82, 2.24) is 14.8 Å². The fourth-order valence-electron chi connectivity index (χ4n) is 4.28. The number of nitrogens with zero attached hydrogens (tertiary/aromatic N) is 3. The number of aromatic nitrogens is 1. The first kappa shape index (κ1) is 26.1. The van der Waals surface area contributed by atoms with Crippen LogP contribution in [0, 0.1) is 0 Å². The van der Waals surface area contributed by atoms with Gasteiger partial charge >= 0.3 is 0 Å². The zero-order chi connectivity index (χ0) is 24.5. The number of ketones is 1. The summed E-state index contributed by atoms with van der Waals surface area (Å²) >= 11 is 3.39. The Bertz CT molecular complexity index is 984. The van der Waals surface area contributed by atoms with Gasteiger partial charge in [-0.15, -0.1) is 0 Å². The average Bonchev–Trinajstić information content (AvgIpc) is 3.11. The maximum Gasteiger partial charge on any atom is 0.295 e. The molecule has 1 saturated heterocycles. The lowest BCUT2D eigenvalue weighted by Gasteiger charge is -2.27. The number of aliphatic hydroxyl groups excluding tert-OH is 1. The molecule has 0 radical (unpaired) electrons. The third-order valence-electron chi connectivity index (χ3n) is 6.15. The Hall–Kier alpha value is -2.51. The van der Waals surface area contributed by atoms with Crippen molar-refractivity contribution in [2.24, 2.45) is 0 Å². The second-order valence-corrected chi connectivity index (χ2v) is 9.57. The second-order valence-electron chi connectivity index (χ2n) is 8.66. The van der Waals surface area contributed by atoms with Crippen molar-refractivity contribution < 1.29 is 14.7 Å². The highest BCUT2D eigenvalue weighted by molar-refractivity contribution is 9.10. The Morgan fingerprint density at radius 2 is 1.65 bits per heavy atom. The van der Waals surface area contributed by atoms with Crippen LogP contribution in [-0.2, 0) is 9.59 Å². The number of unbranched alkanes of at least 4 members (excludes halogenated alkanes) is 2. The largest absolute Gasteiger partial charge is 0.507 e. The summed E-state index contributed by atoms with van der Waals surface area (Å²) in [7, 11) is 0. The van der Waals surface area contributed by atoms with Gasteiger partial charge in [0.05, 0.1) is 11.3 Å². The van der Waals surface area contributed by atoms with Gasteiger partial charge in [0, 0.05) is 22.8 Å². The first-order chi connectivity index (χ1) is 16.5. The van der Waals surface area contributed by atoms with Crippen LogP contribution < -0.4 is 0 Å². The number of benzene rings is 1. The number of amides is 1. The second kappa shape index (κ2) is 12.8. The first-order valence-electron chi connectivity index (χ1n) is 12.2. The third kappa shape index (κ3) is 6.33. The Labute approximate surface area is 210 Å². The molecule has 1 aromatic heterocycles. The van der Waals surface area contributed by atoms with Crippen molar-refractivity contribution >= 4 is 33.4 Å². The summed E-state index contributed by atoms with van der Waals surface area (Å²) in [6.45, 7) is 7.76. The van der Waals surface area contributed by atoms with Crippen molar-refractivity contribution in [2.75, 3.05) is 26.2 Å². The molecule has 6 nitrogen and oxygen atoms in total. The smallest absolute Gasteiger partial charge is 0.295 e. The van der Waals surface area contributed by atoms with Gasteiger partial charge in [-0.05, 0) is 63.2 Å².